The van der Waals surface area contributed by atoms with Gasteiger partial charge in [-0.1, -0.05) is 12.1 Å². The maximum absolute atomic E-state index is 12.2. The van der Waals surface area contributed by atoms with Crippen LogP contribution in [0.4, 0.5) is 0 Å². The molecule has 1 fully saturated rings. The molecule has 0 spiro atoms. The van der Waals surface area contributed by atoms with Gasteiger partial charge in [0.25, 0.3) is 0 Å². The lowest BCUT2D eigenvalue weighted by Gasteiger charge is -2.32. The maximum Gasteiger partial charge on any atom is 0.569 e. The van der Waals surface area contributed by atoms with Gasteiger partial charge in [-0.15, -0.1) is 0 Å². The van der Waals surface area contributed by atoms with Crippen LogP contribution >= 0.6 is 0 Å². The molecular weight excluding hydrogens is 414 g/mol. The zero-order valence-corrected chi connectivity index (χ0v) is 18.5. The van der Waals surface area contributed by atoms with E-state index in [4.69, 9.17) is 28.5 Å². The summed E-state index contributed by atoms with van der Waals surface area (Å²) in [6.45, 7) is 7.75. The lowest BCUT2D eigenvalue weighted by molar-refractivity contribution is 0.00578. The van der Waals surface area contributed by atoms with Crippen molar-refractivity contribution in [3.63, 3.8) is 0 Å². The number of hydrogen-bond acceptors (Lipinski definition) is 8. The van der Waals surface area contributed by atoms with Crippen LogP contribution in [0.5, 0.6) is 5.75 Å². The van der Waals surface area contributed by atoms with Crippen molar-refractivity contribution in [2.45, 2.75) is 38.9 Å². The van der Waals surface area contributed by atoms with E-state index >= 15 is 0 Å². The summed E-state index contributed by atoms with van der Waals surface area (Å²) in [6, 6.07) is 12.8. The van der Waals surface area contributed by atoms with E-state index in [1.807, 2.05) is 27.7 Å². The monoisotopic (exact) mass is 439 g/mol. The third-order valence-electron chi connectivity index (χ3n) is 5.50. The van der Waals surface area contributed by atoms with Crippen LogP contribution in [-0.4, -0.2) is 56.2 Å². The van der Waals surface area contributed by atoms with Crippen molar-refractivity contribution in [1.29, 1.82) is 0 Å². The first kappa shape index (κ1) is 23.8. The van der Waals surface area contributed by atoms with E-state index in [0.717, 1.165) is 5.46 Å². The minimum absolute atomic E-state index is 0.0791. The average molecular weight is 439 g/mol. The molecule has 167 valence electrons. The van der Waals surface area contributed by atoms with Gasteiger partial charge in [0.15, 0.2) is 0 Å². The Bertz CT molecular complexity index is 925. The molecule has 1 saturated heterocycles. The molecule has 1 N–H and O–H groups in total. The summed E-state index contributed by atoms with van der Waals surface area (Å²) in [4.78, 5) is 24.2. The second-order valence-corrected chi connectivity index (χ2v) is 8.23. The molecule has 0 amide bonds. The van der Waals surface area contributed by atoms with Crippen LogP contribution < -0.4 is 10.1 Å². The Morgan fingerprint density at radius 1 is 0.844 bits per heavy atom. The van der Waals surface area contributed by atoms with Crippen molar-refractivity contribution in [3.8, 4) is 5.75 Å². The largest absolute Gasteiger partial charge is 0.569 e. The molecular formula is C22H25B2O8. The summed E-state index contributed by atoms with van der Waals surface area (Å²) in [5.74, 6) is -0.710. The van der Waals surface area contributed by atoms with Gasteiger partial charge in [-0.3, -0.25) is 0 Å². The quantitative estimate of drug-likeness (QED) is 0.379. The standard InChI is InChI=1S/C22H25B2O8/c1-21(2)22(3,4)32-24(31-21)17-9-5-15(6-10-17)19(25)28-13-14-29-20(26)16-7-11-18(12-8-16)30-23-27/h5-12,27H,13-14H2,1-4H3. The summed E-state index contributed by atoms with van der Waals surface area (Å²) in [6.07, 6.45) is 0. The first-order chi connectivity index (χ1) is 15.1. The Kier molecular flexibility index (Phi) is 7.28. The van der Waals surface area contributed by atoms with Crippen LogP contribution in [0.1, 0.15) is 48.4 Å². The van der Waals surface area contributed by atoms with Crippen LogP contribution in [0.3, 0.4) is 0 Å². The van der Waals surface area contributed by atoms with E-state index in [9.17, 15) is 9.59 Å². The predicted octanol–water partition coefficient (Wildman–Crippen LogP) is 1.90. The Balaban J connectivity index is 1.45. The van der Waals surface area contributed by atoms with Crippen molar-refractivity contribution in [2.24, 2.45) is 0 Å². The van der Waals surface area contributed by atoms with Crippen LogP contribution in [0, 0.1) is 0 Å². The molecule has 1 heterocycles. The first-order valence-electron chi connectivity index (χ1n) is 10.2. The van der Waals surface area contributed by atoms with Gasteiger partial charge in [0, 0.05) is 0 Å². The normalized spacial score (nSPS) is 16.3. The average Bonchev–Trinajstić information content (AvgIpc) is 2.98. The van der Waals surface area contributed by atoms with Crippen LogP contribution in [-0.2, 0) is 18.8 Å². The summed E-state index contributed by atoms with van der Waals surface area (Å²) >= 11 is 0. The lowest BCUT2D eigenvalue weighted by atomic mass is 9.79. The zero-order chi connectivity index (χ0) is 23.4. The molecule has 0 atom stereocenters. The Morgan fingerprint density at radius 3 is 1.72 bits per heavy atom. The third kappa shape index (κ3) is 5.51. The predicted molar refractivity (Wildman–Crippen MR) is 118 cm³/mol. The molecule has 2 aromatic carbocycles. The van der Waals surface area contributed by atoms with Crippen molar-refractivity contribution in [1.82, 2.24) is 0 Å². The van der Waals surface area contributed by atoms with E-state index in [-0.39, 0.29) is 13.2 Å². The minimum Gasteiger partial charge on any atom is -0.537 e. The van der Waals surface area contributed by atoms with Crippen LogP contribution in [0.15, 0.2) is 48.5 Å². The van der Waals surface area contributed by atoms with Crippen LogP contribution in [0.25, 0.3) is 0 Å². The molecule has 32 heavy (non-hydrogen) atoms. The minimum atomic E-state index is -0.563. The van der Waals surface area contributed by atoms with E-state index < -0.39 is 30.3 Å². The molecule has 0 saturated carbocycles. The highest BCUT2D eigenvalue weighted by molar-refractivity contribution is 6.62. The highest BCUT2D eigenvalue weighted by atomic mass is 16.7. The molecule has 3 rings (SSSR count). The third-order valence-corrected chi connectivity index (χ3v) is 5.50. The fraction of sp³-hybridized carbons (Fsp3) is 0.364. The zero-order valence-electron chi connectivity index (χ0n) is 18.5. The Morgan fingerprint density at radius 2 is 1.28 bits per heavy atom. The number of carbonyl (C=O) groups excluding carboxylic acids is 2. The first-order valence-corrected chi connectivity index (χ1v) is 10.2. The summed E-state index contributed by atoms with van der Waals surface area (Å²) in [5.41, 5.74) is 0.594. The molecule has 0 bridgehead atoms. The van der Waals surface area contributed by atoms with E-state index in [1.165, 1.54) is 24.3 Å². The molecule has 1 aliphatic rings. The Labute approximate surface area is 188 Å². The van der Waals surface area contributed by atoms with Gasteiger partial charge in [-0.2, -0.15) is 0 Å². The summed E-state index contributed by atoms with van der Waals surface area (Å²) in [7, 11) is 0.0410. The second kappa shape index (κ2) is 9.77. The molecule has 10 heteroatoms. The fourth-order valence-electron chi connectivity index (χ4n) is 2.92. The number of benzene rings is 2. The smallest absolute Gasteiger partial charge is 0.537 e. The highest BCUT2D eigenvalue weighted by Crippen LogP contribution is 2.36. The van der Waals surface area contributed by atoms with Gasteiger partial charge in [0.1, 0.15) is 19.0 Å². The Hall–Kier alpha value is -2.81. The van der Waals surface area contributed by atoms with Crippen LogP contribution in [0.2, 0.25) is 0 Å². The summed E-state index contributed by atoms with van der Waals surface area (Å²) in [5, 5.41) is 8.58. The van der Waals surface area contributed by atoms with E-state index in [2.05, 4.69) is 0 Å². The fourth-order valence-corrected chi connectivity index (χ4v) is 2.92. The molecule has 2 aromatic rings. The molecule has 8 nitrogen and oxygen atoms in total. The van der Waals surface area contributed by atoms with Crippen molar-refractivity contribution < 1.29 is 38.0 Å². The summed E-state index contributed by atoms with van der Waals surface area (Å²) < 4.78 is 27.0. The van der Waals surface area contributed by atoms with Gasteiger partial charge >= 0.3 is 26.7 Å². The number of esters is 2. The second-order valence-electron chi connectivity index (χ2n) is 8.23. The van der Waals surface area contributed by atoms with E-state index in [1.54, 1.807) is 24.3 Å². The molecule has 0 unspecified atom stereocenters. The highest BCUT2D eigenvalue weighted by Gasteiger charge is 2.51. The van der Waals surface area contributed by atoms with Crippen molar-refractivity contribution in [2.75, 3.05) is 13.2 Å². The SMILES string of the molecule is CC1(C)OB(c2ccc(C(=O)OCCOC(=O)c3ccc(O[B]O)cc3)cc2)OC1(C)C. The maximum atomic E-state index is 12.2. The van der Waals surface area contributed by atoms with Gasteiger partial charge < -0.3 is 28.5 Å². The number of ether oxygens (including phenoxy) is 2. The van der Waals surface area contributed by atoms with Crippen molar-refractivity contribution >= 4 is 32.2 Å². The molecule has 1 aliphatic heterocycles. The van der Waals surface area contributed by atoms with Gasteiger partial charge in [-0.25, -0.2) is 9.59 Å². The number of hydrogen-bond donors (Lipinski definition) is 1. The van der Waals surface area contributed by atoms with E-state index in [0.29, 0.717) is 24.6 Å². The van der Waals surface area contributed by atoms with Gasteiger partial charge in [0.2, 0.25) is 0 Å². The van der Waals surface area contributed by atoms with Gasteiger partial charge in [0.05, 0.1) is 22.3 Å². The molecule has 0 aliphatic carbocycles. The molecule has 0 aromatic heterocycles. The van der Waals surface area contributed by atoms with Gasteiger partial charge in [-0.05, 0) is 69.6 Å². The lowest BCUT2D eigenvalue weighted by Crippen LogP contribution is -2.41. The topological polar surface area (TPSA) is 101 Å². The van der Waals surface area contributed by atoms with Crippen molar-refractivity contribution in [3.05, 3.63) is 59.7 Å². The number of rotatable bonds is 8. The molecule has 1 radical (unpaired) electrons. The number of carbonyl (C=O) groups is 2.